The first-order valence-corrected chi connectivity index (χ1v) is 8.36. The molecular weight excluding hydrogens is 294 g/mol. The summed E-state index contributed by atoms with van der Waals surface area (Å²) >= 11 is 0. The van der Waals surface area contributed by atoms with Crippen molar-refractivity contribution in [3.05, 3.63) is 101 Å². The van der Waals surface area contributed by atoms with Crippen LogP contribution in [0.1, 0.15) is 46.4 Å². The fourth-order valence-corrected chi connectivity index (χ4v) is 2.93. The Morgan fingerprint density at radius 2 is 1.46 bits per heavy atom. The first-order valence-electron chi connectivity index (χ1n) is 8.36. The van der Waals surface area contributed by atoms with Crippen LogP contribution in [0.15, 0.2) is 79.0 Å². The van der Waals surface area contributed by atoms with Crippen LogP contribution in [0, 0.1) is 0 Å². The second-order valence-electron chi connectivity index (χ2n) is 5.91. The van der Waals surface area contributed by atoms with Gasteiger partial charge in [-0.15, -0.1) is 0 Å². The molecule has 3 rings (SSSR count). The third kappa shape index (κ3) is 3.77. The van der Waals surface area contributed by atoms with Crippen molar-refractivity contribution in [2.75, 3.05) is 0 Å². The lowest BCUT2D eigenvalue weighted by Crippen LogP contribution is -2.06. The summed E-state index contributed by atoms with van der Waals surface area (Å²) in [6.07, 6.45) is 3.19. The first-order chi connectivity index (χ1) is 11.8. The van der Waals surface area contributed by atoms with Gasteiger partial charge in [-0.1, -0.05) is 73.7 Å². The maximum atomic E-state index is 11.7. The molecule has 0 amide bonds. The van der Waals surface area contributed by atoms with Crippen LogP contribution in [0.5, 0.6) is 0 Å². The zero-order chi connectivity index (χ0) is 16.8. The zero-order valence-electron chi connectivity index (χ0n) is 13.9. The van der Waals surface area contributed by atoms with Gasteiger partial charge in [-0.05, 0) is 29.2 Å². The van der Waals surface area contributed by atoms with E-state index in [2.05, 4.69) is 53.5 Å². The molecule has 0 aliphatic rings. The van der Waals surface area contributed by atoms with Crippen LogP contribution in [-0.4, -0.2) is 10.8 Å². The highest BCUT2D eigenvalue weighted by atomic mass is 16.1. The van der Waals surface area contributed by atoms with Gasteiger partial charge >= 0.3 is 0 Å². The zero-order valence-corrected chi connectivity index (χ0v) is 13.9. The lowest BCUT2D eigenvalue weighted by molar-refractivity contribution is 0.0983. The molecule has 2 aromatic carbocycles. The molecule has 0 radical (unpaired) electrons. The number of hydrogen-bond acceptors (Lipinski definition) is 2. The first kappa shape index (κ1) is 16.1. The van der Waals surface area contributed by atoms with Gasteiger partial charge in [-0.2, -0.15) is 0 Å². The minimum absolute atomic E-state index is 0.0872. The second-order valence-corrected chi connectivity index (χ2v) is 5.91. The van der Waals surface area contributed by atoms with E-state index in [0.29, 0.717) is 12.1 Å². The average molecular weight is 315 g/mol. The summed E-state index contributed by atoms with van der Waals surface area (Å²) in [5.41, 5.74) is 4.27. The van der Waals surface area contributed by atoms with Gasteiger partial charge in [-0.25, -0.2) is 0 Å². The molecule has 0 spiro atoms. The van der Waals surface area contributed by atoms with Crippen molar-refractivity contribution >= 4 is 5.78 Å². The van der Waals surface area contributed by atoms with Gasteiger partial charge in [0, 0.05) is 18.5 Å². The fraction of sp³-hybridized carbons (Fsp3) is 0.182. The molecule has 3 aromatic rings. The number of pyridine rings is 1. The van der Waals surface area contributed by atoms with E-state index in [1.165, 1.54) is 11.1 Å². The minimum Gasteiger partial charge on any atom is -0.292 e. The summed E-state index contributed by atoms with van der Waals surface area (Å²) in [6, 6.07) is 24.9. The number of nitrogens with zero attached hydrogens (tertiary/aromatic N) is 1. The fourth-order valence-electron chi connectivity index (χ4n) is 2.93. The second kappa shape index (κ2) is 7.69. The van der Waals surface area contributed by atoms with Crippen LogP contribution in [0.2, 0.25) is 0 Å². The summed E-state index contributed by atoms with van der Waals surface area (Å²) in [5.74, 6) is 0.367. The summed E-state index contributed by atoms with van der Waals surface area (Å²) in [4.78, 5) is 16.1. The molecule has 1 aromatic heterocycles. The molecule has 0 aliphatic carbocycles. The van der Waals surface area contributed by atoms with Gasteiger partial charge in [-0.3, -0.25) is 9.78 Å². The lowest BCUT2D eigenvalue weighted by Gasteiger charge is -2.18. The molecule has 0 N–H and O–H groups in total. The predicted molar refractivity (Wildman–Crippen MR) is 97.3 cm³/mol. The largest absolute Gasteiger partial charge is 0.292 e. The van der Waals surface area contributed by atoms with Crippen molar-refractivity contribution < 1.29 is 4.79 Å². The average Bonchev–Trinajstić information content (AvgIpc) is 2.67. The van der Waals surface area contributed by atoms with E-state index in [4.69, 9.17) is 0 Å². The number of carbonyl (C=O) groups excluding carboxylic acids is 1. The monoisotopic (exact) mass is 315 g/mol. The molecule has 0 fully saturated rings. The Labute approximate surface area is 143 Å². The topological polar surface area (TPSA) is 30.0 Å². The Bertz CT molecular complexity index is 740. The number of aromatic nitrogens is 1. The van der Waals surface area contributed by atoms with Gasteiger partial charge in [0.05, 0.1) is 0 Å². The maximum Gasteiger partial charge on any atom is 0.180 e. The molecule has 1 heterocycles. The molecule has 0 aliphatic heterocycles. The third-order valence-corrected chi connectivity index (χ3v) is 4.28. The number of Topliss-reactive ketones (excluding diaryl/α,β-unsaturated/α-hetero) is 1. The molecule has 120 valence electrons. The molecule has 2 heteroatoms. The minimum atomic E-state index is 0.0872. The van der Waals surface area contributed by atoms with Gasteiger partial charge < -0.3 is 0 Å². The highest BCUT2D eigenvalue weighted by Crippen LogP contribution is 2.28. The number of hydrogen-bond donors (Lipinski definition) is 0. The van der Waals surface area contributed by atoms with E-state index < -0.39 is 0 Å². The molecule has 0 saturated carbocycles. The van der Waals surface area contributed by atoms with Crippen LogP contribution in [0.3, 0.4) is 0 Å². The van der Waals surface area contributed by atoms with Crippen molar-refractivity contribution in [3.8, 4) is 0 Å². The number of benzene rings is 2. The Morgan fingerprint density at radius 3 is 1.92 bits per heavy atom. The smallest absolute Gasteiger partial charge is 0.180 e. The third-order valence-electron chi connectivity index (χ3n) is 4.28. The Morgan fingerprint density at radius 1 is 0.875 bits per heavy atom. The van der Waals surface area contributed by atoms with Crippen LogP contribution in [-0.2, 0) is 6.42 Å². The molecule has 0 unspecified atom stereocenters. The highest BCUT2D eigenvalue weighted by Gasteiger charge is 2.15. The maximum absolute atomic E-state index is 11.7. The Hall–Kier alpha value is -2.74. The summed E-state index contributed by atoms with van der Waals surface area (Å²) in [5, 5.41) is 0. The van der Waals surface area contributed by atoms with E-state index in [0.717, 1.165) is 12.0 Å². The van der Waals surface area contributed by atoms with Crippen LogP contribution in [0.4, 0.5) is 0 Å². The Kier molecular flexibility index (Phi) is 5.17. The van der Waals surface area contributed by atoms with Gasteiger partial charge in [0.15, 0.2) is 5.78 Å². The summed E-state index contributed by atoms with van der Waals surface area (Å²) in [7, 11) is 0. The lowest BCUT2D eigenvalue weighted by atomic mass is 9.86. The van der Waals surface area contributed by atoms with Gasteiger partial charge in [0.1, 0.15) is 5.69 Å². The Balaban J connectivity index is 1.89. The van der Waals surface area contributed by atoms with Gasteiger partial charge in [0.25, 0.3) is 0 Å². The number of ketones is 1. The van der Waals surface area contributed by atoms with Crippen LogP contribution < -0.4 is 0 Å². The quantitative estimate of drug-likeness (QED) is 0.596. The van der Waals surface area contributed by atoms with E-state index >= 15 is 0 Å². The van der Waals surface area contributed by atoms with Crippen molar-refractivity contribution in [3.63, 3.8) is 0 Å². The molecule has 0 bridgehead atoms. The molecule has 0 atom stereocenters. The molecular formula is C22H21NO. The summed E-state index contributed by atoms with van der Waals surface area (Å²) in [6.45, 7) is 1.86. The van der Waals surface area contributed by atoms with E-state index in [1.807, 2.05) is 37.4 Å². The van der Waals surface area contributed by atoms with Crippen molar-refractivity contribution in [1.29, 1.82) is 0 Å². The van der Waals surface area contributed by atoms with Crippen LogP contribution in [0.25, 0.3) is 0 Å². The molecule has 0 saturated heterocycles. The number of carbonyl (C=O) groups is 1. The van der Waals surface area contributed by atoms with E-state index in [9.17, 15) is 4.79 Å². The standard InChI is InChI=1S/C22H21NO/c1-2-22(24)21-14-13-17(16-23-21)15-20(18-9-5-3-6-10-18)19-11-7-4-8-12-19/h3-14,16,20H,2,15H2,1H3. The van der Waals surface area contributed by atoms with Crippen molar-refractivity contribution in [1.82, 2.24) is 4.98 Å². The normalized spacial score (nSPS) is 10.8. The highest BCUT2D eigenvalue weighted by molar-refractivity contribution is 5.93. The van der Waals surface area contributed by atoms with Gasteiger partial charge in [0.2, 0.25) is 0 Å². The van der Waals surface area contributed by atoms with Crippen molar-refractivity contribution in [2.45, 2.75) is 25.7 Å². The summed E-state index contributed by atoms with van der Waals surface area (Å²) < 4.78 is 0. The molecule has 2 nitrogen and oxygen atoms in total. The SMILES string of the molecule is CCC(=O)c1ccc(CC(c2ccccc2)c2ccccc2)cn1. The predicted octanol–water partition coefficient (Wildman–Crippen LogP) is 5.05. The molecule has 24 heavy (non-hydrogen) atoms. The van der Waals surface area contributed by atoms with E-state index in [1.54, 1.807) is 0 Å². The van der Waals surface area contributed by atoms with Crippen molar-refractivity contribution in [2.24, 2.45) is 0 Å². The number of rotatable bonds is 6. The van der Waals surface area contributed by atoms with E-state index in [-0.39, 0.29) is 11.7 Å². The van der Waals surface area contributed by atoms with Crippen LogP contribution >= 0.6 is 0 Å².